The van der Waals surface area contributed by atoms with Crippen molar-refractivity contribution in [1.29, 1.82) is 0 Å². The molecule has 1 aliphatic heterocycles. The van der Waals surface area contributed by atoms with E-state index in [1.807, 2.05) is 18.2 Å². The van der Waals surface area contributed by atoms with Gasteiger partial charge in [-0.3, -0.25) is 4.90 Å². The normalized spacial score (nSPS) is 14.6. The summed E-state index contributed by atoms with van der Waals surface area (Å²) >= 11 is 0. The molecule has 6 nitrogen and oxygen atoms in total. The van der Waals surface area contributed by atoms with Crippen molar-refractivity contribution in [2.45, 2.75) is 39.4 Å². The number of rotatable bonds is 9. The molecule has 0 saturated carbocycles. The molecule has 6 heteroatoms. The molecular weight excluding hydrogens is 376 g/mol. The second kappa shape index (κ2) is 11.5. The minimum Gasteiger partial charge on any atom is -0.493 e. The number of para-hydroxylation sites is 1. The van der Waals surface area contributed by atoms with Gasteiger partial charge in [0.15, 0.2) is 17.5 Å². The van der Waals surface area contributed by atoms with Crippen LogP contribution in [0.3, 0.4) is 0 Å². The van der Waals surface area contributed by atoms with Gasteiger partial charge >= 0.3 is 0 Å². The van der Waals surface area contributed by atoms with Gasteiger partial charge in [-0.2, -0.15) is 0 Å². The van der Waals surface area contributed by atoms with Gasteiger partial charge in [-0.1, -0.05) is 36.4 Å². The number of hydrogen-bond acceptors (Lipinski definition) is 4. The van der Waals surface area contributed by atoms with E-state index >= 15 is 0 Å². The largest absolute Gasteiger partial charge is 0.493 e. The Hall–Kier alpha value is -2.73. The number of methoxy groups -OCH3 is 2. The quantitative estimate of drug-likeness (QED) is 0.489. The Bertz CT molecular complexity index is 814. The van der Waals surface area contributed by atoms with Crippen LogP contribution in [0, 0.1) is 0 Å². The highest BCUT2D eigenvalue weighted by Crippen LogP contribution is 2.30. The molecule has 1 heterocycles. The van der Waals surface area contributed by atoms with E-state index in [4.69, 9.17) is 14.5 Å². The van der Waals surface area contributed by atoms with Gasteiger partial charge in [-0.05, 0) is 50.0 Å². The molecular formula is C24H34N4O2. The van der Waals surface area contributed by atoms with Crippen LogP contribution < -0.4 is 20.1 Å². The van der Waals surface area contributed by atoms with Crippen LogP contribution in [0.1, 0.15) is 36.5 Å². The Labute approximate surface area is 180 Å². The third kappa shape index (κ3) is 6.13. The first-order chi connectivity index (χ1) is 14.7. The number of ether oxygens (including phenoxy) is 2. The Morgan fingerprint density at radius 1 is 0.967 bits per heavy atom. The summed E-state index contributed by atoms with van der Waals surface area (Å²) < 4.78 is 10.9. The Kier molecular flexibility index (Phi) is 8.39. The van der Waals surface area contributed by atoms with E-state index in [-0.39, 0.29) is 0 Å². The lowest BCUT2D eigenvalue weighted by atomic mass is 10.1. The van der Waals surface area contributed by atoms with Crippen LogP contribution in [0.25, 0.3) is 0 Å². The van der Waals surface area contributed by atoms with Gasteiger partial charge in [0.25, 0.3) is 0 Å². The Morgan fingerprint density at radius 3 is 2.37 bits per heavy atom. The number of aliphatic imine (C=N–C) groups is 1. The maximum Gasteiger partial charge on any atom is 0.191 e. The summed E-state index contributed by atoms with van der Waals surface area (Å²) in [6.45, 7) is 7.60. The summed E-state index contributed by atoms with van der Waals surface area (Å²) in [6, 6.07) is 14.7. The van der Waals surface area contributed by atoms with Gasteiger partial charge < -0.3 is 20.1 Å². The SMILES string of the molecule is CCNC(=NCc1ccc(CN2CCCC2)cc1)NCc1cccc(OC)c1OC. The van der Waals surface area contributed by atoms with Crippen molar-refractivity contribution in [3.63, 3.8) is 0 Å². The fourth-order valence-electron chi connectivity index (χ4n) is 3.73. The maximum atomic E-state index is 5.52. The van der Waals surface area contributed by atoms with Crippen LogP contribution >= 0.6 is 0 Å². The number of nitrogens with zero attached hydrogens (tertiary/aromatic N) is 2. The minimum atomic E-state index is 0.598. The topological polar surface area (TPSA) is 58.1 Å². The first-order valence-corrected chi connectivity index (χ1v) is 10.8. The fraction of sp³-hybridized carbons (Fsp3) is 0.458. The second-order valence-electron chi connectivity index (χ2n) is 7.50. The molecule has 3 rings (SSSR count). The van der Waals surface area contributed by atoms with Crippen molar-refractivity contribution in [3.8, 4) is 11.5 Å². The van der Waals surface area contributed by atoms with E-state index in [0.717, 1.165) is 36.1 Å². The lowest BCUT2D eigenvalue weighted by Gasteiger charge is -2.15. The second-order valence-corrected chi connectivity index (χ2v) is 7.50. The van der Waals surface area contributed by atoms with Crippen molar-refractivity contribution >= 4 is 5.96 Å². The molecule has 0 amide bonds. The van der Waals surface area contributed by atoms with Gasteiger partial charge in [0.05, 0.1) is 20.8 Å². The summed E-state index contributed by atoms with van der Waals surface area (Å²) in [7, 11) is 3.31. The van der Waals surface area contributed by atoms with Gasteiger partial charge in [0.2, 0.25) is 0 Å². The molecule has 1 saturated heterocycles. The molecule has 0 bridgehead atoms. The van der Waals surface area contributed by atoms with Gasteiger partial charge in [0, 0.05) is 25.2 Å². The molecule has 2 aromatic carbocycles. The fourth-order valence-corrected chi connectivity index (χ4v) is 3.73. The smallest absolute Gasteiger partial charge is 0.191 e. The number of hydrogen-bond donors (Lipinski definition) is 2. The highest BCUT2D eigenvalue weighted by molar-refractivity contribution is 5.79. The zero-order valence-corrected chi connectivity index (χ0v) is 18.4. The monoisotopic (exact) mass is 410 g/mol. The maximum absolute atomic E-state index is 5.52. The Morgan fingerprint density at radius 2 is 1.70 bits per heavy atom. The predicted molar refractivity (Wildman–Crippen MR) is 122 cm³/mol. The third-order valence-corrected chi connectivity index (χ3v) is 5.32. The first-order valence-electron chi connectivity index (χ1n) is 10.8. The number of nitrogens with one attached hydrogen (secondary N) is 2. The molecule has 0 aromatic heterocycles. The molecule has 0 radical (unpaired) electrons. The lowest BCUT2D eigenvalue weighted by molar-refractivity contribution is 0.331. The van der Waals surface area contributed by atoms with Gasteiger partial charge in [-0.25, -0.2) is 4.99 Å². The standard InChI is InChI=1S/C24H34N4O2/c1-4-25-24(27-17-21-8-7-9-22(29-2)23(21)30-3)26-16-19-10-12-20(13-11-19)18-28-14-5-6-15-28/h7-13H,4-6,14-18H2,1-3H3,(H2,25,26,27). The average Bonchev–Trinajstić information content (AvgIpc) is 3.29. The van der Waals surface area contributed by atoms with Gasteiger partial charge in [-0.15, -0.1) is 0 Å². The van der Waals surface area contributed by atoms with Crippen molar-refractivity contribution in [2.75, 3.05) is 33.9 Å². The van der Waals surface area contributed by atoms with Crippen LogP contribution in [0.5, 0.6) is 11.5 Å². The summed E-state index contributed by atoms with van der Waals surface area (Å²) in [6.07, 6.45) is 2.66. The summed E-state index contributed by atoms with van der Waals surface area (Å²) in [5, 5.41) is 6.70. The zero-order valence-electron chi connectivity index (χ0n) is 18.4. The van der Waals surface area contributed by atoms with Crippen molar-refractivity contribution < 1.29 is 9.47 Å². The summed E-state index contributed by atoms with van der Waals surface area (Å²) in [5.74, 6) is 2.26. The Balaban J connectivity index is 1.59. The van der Waals surface area contributed by atoms with E-state index in [1.165, 1.54) is 37.1 Å². The molecule has 2 N–H and O–H groups in total. The molecule has 162 valence electrons. The third-order valence-electron chi connectivity index (χ3n) is 5.32. The molecule has 30 heavy (non-hydrogen) atoms. The van der Waals surface area contributed by atoms with Crippen LogP contribution in [-0.2, 0) is 19.6 Å². The van der Waals surface area contributed by atoms with Crippen LogP contribution in [0.4, 0.5) is 0 Å². The first kappa shape index (κ1) is 22.0. The van der Waals surface area contributed by atoms with Crippen LogP contribution in [0.2, 0.25) is 0 Å². The summed E-state index contributed by atoms with van der Waals surface area (Å²) in [5.41, 5.74) is 3.60. The van der Waals surface area contributed by atoms with E-state index < -0.39 is 0 Å². The van der Waals surface area contributed by atoms with E-state index in [2.05, 4.69) is 46.7 Å². The highest BCUT2D eigenvalue weighted by atomic mass is 16.5. The summed E-state index contributed by atoms with van der Waals surface area (Å²) in [4.78, 5) is 7.26. The van der Waals surface area contributed by atoms with Crippen LogP contribution in [-0.4, -0.2) is 44.7 Å². The number of benzene rings is 2. The molecule has 0 atom stereocenters. The number of guanidine groups is 1. The average molecular weight is 411 g/mol. The molecule has 0 aliphatic carbocycles. The molecule has 0 spiro atoms. The van der Waals surface area contributed by atoms with Crippen molar-refractivity contribution in [3.05, 3.63) is 59.2 Å². The van der Waals surface area contributed by atoms with E-state index in [9.17, 15) is 0 Å². The predicted octanol–water partition coefficient (Wildman–Crippen LogP) is 3.55. The molecule has 2 aromatic rings. The van der Waals surface area contributed by atoms with Crippen molar-refractivity contribution in [2.24, 2.45) is 4.99 Å². The molecule has 1 aliphatic rings. The molecule has 1 fully saturated rings. The highest BCUT2D eigenvalue weighted by Gasteiger charge is 2.12. The van der Waals surface area contributed by atoms with E-state index in [0.29, 0.717) is 13.1 Å². The minimum absolute atomic E-state index is 0.598. The van der Waals surface area contributed by atoms with Gasteiger partial charge in [0.1, 0.15) is 0 Å². The van der Waals surface area contributed by atoms with Crippen molar-refractivity contribution in [1.82, 2.24) is 15.5 Å². The molecule has 0 unspecified atom stereocenters. The van der Waals surface area contributed by atoms with E-state index in [1.54, 1.807) is 14.2 Å². The number of likely N-dealkylation sites (tertiary alicyclic amines) is 1. The zero-order chi connectivity index (χ0) is 21.2. The lowest BCUT2D eigenvalue weighted by Crippen LogP contribution is -2.36. The van der Waals surface area contributed by atoms with Crippen LogP contribution in [0.15, 0.2) is 47.5 Å².